The lowest BCUT2D eigenvalue weighted by Crippen LogP contribution is -2.34. The van der Waals surface area contributed by atoms with Gasteiger partial charge in [-0.1, -0.05) is 11.6 Å². The van der Waals surface area contributed by atoms with Crippen LogP contribution < -0.4 is 5.32 Å². The zero-order valence-corrected chi connectivity index (χ0v) is 11.8. The molecule has 0 radical (unpaired) electrons. The number of nitriles is 1. The van der Waals surface area contributed by atoms with Crippen molar-refractivity contribution in [2.24, 2.45) is 0 Å². The first kappa shape index (κ1) is 14.3. The maximum Gasteiger partial charge on any atom is 0.243 e. The van der Waals surface area contributed by atoms with Crippen LogP contribution in [-0.4, -0.2) is 38.9 Å². The first-order valence-corrected chi connectivity index (χ1v) is 7.78. The van der Waals surface area contributed by atoms with Gasteiger partial charge < -0.3 is 5.32 Å². The molecular formula is C12H14ClN3O2S. The smallest absolute Gasteiger partial charge is 0.243 e. The fraction of sp³-hybridized carbons (Fsp3) is 0.417. The van der Waals surface area contributed by atoms with E-state index in [0.29, 0.717) is 19.6 Å². The van der Waals surface area contributed by atoms with Crippen LogP contribution in [0.25, 0.3) is 0 Å². The van der Waals surface area contributed by atoms with Crippen molar-refractivity contribution in [1.29, 1.82) is 5.26 Å². The Morgan fingerprint density at radius 2 is 2.11 bits per heavy atom. The van der Waals surface area contributed by atoms with Gasteiger partial charge in [-0.15, -0.1) is 0 Å². The van der Waals surface area contributed by atoms with Crippen LogP contribution in [0.15, 0.2) is 23.1 Å². The molecule has 19 heavy (non-hydrogen) atoms. The molecule has 102 valence electrons. The van der Waals surface area contributed by atoms with Gasteiger partial charge in [-0.05, 0) is 31.2 Å². The predicted molar refractivity (Wildman–Crippen MR) is 72.4 cm³/mol. The lowest BCUT2D eigenvalue weighted by Gasteiger charge is -2.19. The van der Waals surface area contributed by atoms with Crippen LogP contribution in [0.4, 0.5) is 0 Å². The Morgan fingerprint density at radius 1 is 1.32 bits per heavy atom. The Labute approximate surface area is 117 Å². The van der Waals surface area contributed by atoms with Crippen LogP contribution in [0.3, 0.4) is 0 Å². The average molecular weight is 300 g/mol. The highest BCUT2D eigenvalue weighted by Crippen LogP contribution is 2.22. The molecule has 1 saturated heterocycles. The van der Waals surface area contributed by atoms with E-state index in [1.807, 2.05) is 6.07 Å². The van der Waals surface area contributed by atoms with Crippen LogP contribution in [-0.2, 0) is 10.0 Å². The van der Waals surface area contributed by atoms with Crippen LogP contribution in [0.2, 0.25) is 5.02 Å². The quantitative estimate of drug-likeness (QED) is 0.890. The molecule has 7 heteroatoms. The molecule has 1 aromatic carbocycles. The number of rotatable bonds is 2. The molecule has 0 atom stereocenters. The van der Waals surface area contributed by atoms with Crippen LogP contribution in [0, 0.1) is 11.3 Å². The molecule has 0 aliphatic carbocycles. The highest BCUT2D eigenvalue weighted by Gasteiger charge is 2.25. The highest BCUT2D eigenvalue weighted by molar-refractivity contribution is 7.89. The zero-order chi connectivity index (χ0) is 13.9. The lowest BCUT2D eigenvalue weighted by molar-refractivity contribution is 0.432. The van der Waals surface area contributed by atoms with Crippen molar-refractivity contribution in [3.05, 3.63) is 28.8 Å². The fourth-order valence-corrected chi connectivity index (χ4v) is 3.63. The summed E-state index contributed by atoms with van der Waals surface area (Å²) in [4.78, 5) is 0.121. The summed E-state index contributed by atoms with van der Waals surface area (Å²) in [6.07, 6.45) is 0.776. The number of hydrogen-bond donors (Lipinski definition) is 1. The van der Waals surface area contributed by atoms with Gasteiger partial charge in [-0.2, -0.15) is 9.57 Å². The van der Waals surface area contributed by atoms with E-state index < -0.39 is 10.0 Å². The van der Waals surface area contributed by atoms with E-state index in [1.165, 1.54) is 22.5 Å². The van der Waals surface area contributed by atoms with Gasteiger partial charge in [0.2, 0.25) is 10.0 Å². The predicted octanol–water partition coefficient (Wildman–Crippen LogP) is 1.20. The minimum atomic E-state index is -3.55. The van der Waals surface area contributed by atoms with E-state index in [9.17, 15) is 8.42 Å². The largest absolute Gasteiger partial charge is 0.315 e. The summed E-state index contributed by atoms with van der Waals surface area (Å²) >= 11 is 5.82. The third-order valence-corrected chi connectivity index (χ3v) is 5.22. The summed E-state index contributed by atoms with van der Waals surface area (Å²) in [5.41, 5.74) is 0.177. The molecule has 0 unspecified atom stereocenters. The van der Waals surface area contributed by atoms with Crippen molar-refractivity contribution >= 4 is 21.6 Å². The van der Waals surface area contributed by atoms with Gasteiger partial charge in [0.05, 0.1) is 15.5 Å². The van der Waals surface area contributed by atoms with Crippen molar-refractivity contribution in [1.82, 2.24) is 9.62 Å². The monoisotopic (exact) mass is 299 g/mol. The summed E-state index contributed by atoms with van der Waals surface area (Å²) in [7, 11) is -3.55. The molecule has 0 saturated carbocycles. The van der Waals surface area contributed by atoms with Crippen molar-refractivity contribution in [2.45, 2.75) is 11.3 Å². The van der Waals surface area contributed by atoms with Gasteiger partial charge in [-0.3, -0.25) is 0 Å². The van der Waals surface area contributed by atoms with Gasteiger partial charge in [0.25, 0.3) is 0 Å². The van der Waals surface area contributed by atoms with Crippen LogP contribution in [0.1, 0.15) is 12.0 Å². The van der Waals surface area contributed by atoms with E-state index in [1.54, 1.807) is 0 Å². The normalized spacial score (nSPS) is 17.7. The van der Waals surface area contributed by atoms with Crippen LogP contribution >= 0.6 is 11.6 Å². The minimum Gasteiger partial charge on any atom is -0.315 e. The second-order valence-electron chi connectivity index (χ2n) is 4.26. The molecular weight excluding hydrogens is 286 g/mol. The SMILES string of the molecule is N#Cc1cc(S(=O)(=O)N2CCCNCC2)ccc1Cl. The first-order valence-electron chi connectivity index (χ1n) is 5.96. The Bertz CT molecular complexity index is 602. The van der Waals surface area contributed by atoms with E-state index >= 15 is 0 Å². The maximum absolute atomic E-state index is 12.5. The Balaban J connectivity index is 2.36. The minimum absolute atomic E-state index is 0.121. The van der Waals surface area contributed by atoms with Crippen molar-refractivity contribution in [2.75, 3.05) is 26.2 Å². The molecule has 0 amide bonds. The molecule has 1 heterocycles. The molecule has 1 N–H and O–H groups in total. The number of sulfonamides is 1. The number of hydrogen-bond acceptors (Lipinski definition) is 4. The molecule has 1 aliphatic rings. The Hall–Kier alpha value is -1.13. The molecule has 0 bridgehead atoms. The van der Waals surface area contributed by atoms with E-state index in [2.05, 4.69) is 5.32 Å². The standard InChI is InChI=1S/C12H14ClN3O2S/c13-12-3-2-11(8-10(12)9-14)19(17,18)16-6-1-4-15-5-7-16/h2-3,8,15H,1,4-7H2. The third kappa shape index (κ3) is 3.07. The number of nitrogens with one attached hydrogen (secondary N) is 1. The fourth-order valence-electron chi connectivity index (χ4n) is 1.96. The molecule has 1 aliphatic heterocycles. The highest BCUT2D eigenvalue weighted by atomic mass is 35.5. The summed E-state index contributed by atoms with van der Waals surface area (Å²) < 4.78 is 26.4. The van der Waals surface area contributed by atoms with Crippen LogP contribution in [0.5, 0.6) is 0 Å². The molecule has 5 nitrogen and oxygen atoms in total. The van der Waals surface area contributed by atoms with E-state index in [-0.39, 0.29) is 15.5 Å². The lowest BCUT2D eigenvalue weighted by atomic mass is 10.2. The van der Waals surface area contributed by atoms with Gasteiger partial charge in [0, 0.05) is 19.6 Å². The summed E-state index contributed by atoms with van der Waals surface area (Å²) in [6, 6.07) is 6.11. The second-order valence-corrected chi connectivity index (χ2v) is 6.61. The topological polar surface area (TPSA) is 73.2 Å². The van der Waals surface area contributed by atoms with E-state index in [4.69, 9.17) is 16.9 Å². The molecule has 0 spiro atoms. The number of benzene rings is 1. The number of nitrogens with zero attached hydrogens (tertiary/aromatic N) is 2. The molecule has 1 fully saturated rings. The Morgan fingerprint density at radius 3 is 2.84 bits per heavy atom. The molecule has 1 aromatic rings. The van der Waals surface area contributed by atoms with Gasteiger partial charge in [0.1, 0.15) is 6.07 Å². The van der Waals surface area contributed by atoms with Crippen molar-refractivity contribution < 1.29 is 8.42 Å². The molecule has 0 aromatic heterocycles. The van der Waals surface area contributed by atoms with Crippen molar-refractivity contribution in [3.63, 3.8) is 0 Å². The maximum atomic E-state index is 12.5. The average Bonchev–Trinajstić information content (AvgIpc) is 2.68. The zero-order valence-electron chi connectivity index (χ0n) is 10.3. The van der Waals surface area contributed by atoms with Crippen molar-refractivity contribution in [3.8, 4) is 6.07 Å². The van der Waals surface area contributed by atoms with Gasteiger partial charge in [0.15, 0.2) is 0 Å². The summed E-state index contributed by atoms with van der Waals surface area (Å²) in [6.45, 7) is 2.38. The summed E-state index contributed by atoms with van der Waals surface area (Å²) in [5, 5.41) is 12.3. The van der Waals surface area contributed by atoms with Gasteiger partial charge >= 0.3 is 0 Å². The third-order valence-electron chi connectivity index (χ3n) is 3.00. The van der Waals surface area contributed by atoms with Gasteiger partial charge in [-0.25, -0.2) is 8.42 Å². The Kier molecular flexibility index (Phi) is 4.42. The first-order chi connectivity index (χ1) is 9.05. The second kappa shape index (κ2) is 5.88. The van der Waals surface area contributed by atoms with E-state index in [0.717, 1.165) is 13.0 Å². The summed E-state index contributed by atoms with van der Waals surface area (Å²) in [5.74, 6) is 0. The molecule has 2 rings (SSSR count). The number of halogens is 1.